The molecule has 7 aromatic carbocycles. The number of benzene rings is 7. The van der Waals surface area contributed by atoms with E-state index in [2.05, 4.69) is 151 Å². The van der Waals surface area contributed by atoms with Gasteiger partial charge in [-0.25, -0.2) is 0 Å². The van der Waals surface area contributed by atoms with Gasteiger partial charge < -0.3 is 9.38 Å². The fourth-order valence-electron chi connectivity index (χ4n) is 9.10. The van der Waals surface area contributed by atoms with Crippen molar-refractivity contribution >= 4 is 78.2 Å². The molecule has 11 rings (SSSR count). The average Bonchev–Trinajstić information content (AvgIpc) is 3.41. The first-order chi connectivity index (χ1) is 21.6. The van der Waals surface area contributed by atoms with Crippen molar-refractivity contribution in [2.24, 2.45) is 0 Å². The summed E-state index contributed by atoms with van der Waals surface area (Å²) in [6, 6.07) is 48.1. The molecule has 0 aliphatic carbocycles. The van der Waals surface area contributed by atoms with Crippen LogP contribution < -0.4 is 15.8 Å². The summed E-state index contributed by atoms with van der Waals surface area (Å²) in [5.41, 5.74) is 14.8. The lowest BCUT2D eigenvalue weighted by atomic mass is 9.44. The van der Waals surface area contributed by atoms with Crippen LogP contribution in [0.4, 0.5) is 17.1 Å². The van der Waals surface area contributed by atoms with Gasteiger partial charge in [-0.05, 0) is 55.9 Å². The van der Waals surface area contributed by atoms with Crippen molar-refractivity contribution in [2.75, 3.05) is 4.90 Å². The fourth-order valence-corrected chi connectivity index (χ4v) is 9.10. The molecule has 0 N–H and O–H groups in total. The van der Waals surface area contributed by atoms with Gasteiger partial charge in [0.05, 0.1) is 5.69 Å². The van der Waals surface area contributed by atoms with E-state index in [-0.39, 0.29) is 12.3 Å². The second kappa shape index (κ2) is 7.62. The van der Waals surface area contributed by atoms with E-state index in [9.17, 15) is 0 Å². The standard InChI is InChI=1S/C41H27BN2/c1-41(2)31-17-7-8-20-34(31)43-35-23-25-12-4-5-13-26(25)36-30-16-9-15-28-29-22-21-24-11-3-6-14-27(24)38(29)44(39(28)30)42(37(35)36)33-19-10-18-32(41)40(33)43/h3-23H,1-2H3. The molecule has 0 amide bonds. The smallest absolute Gasteiger partial charge is 0.333 e. The van der Waals surface area contributed by atoms with E-state index in [1.54, 1.807) is 0 Å². The molecule has 44 heavy (non-hydrogen) atoms. The Bertz CT molecular complexity index is 2610. The van der Waals surface area contributed by atoms with E-state index in [4.69, 9.17) is 0 Å². The Morgan fingerprint density at radius 1 is 0.545 bits per heavy atom. The zero-order valence-corrected chi connectivity index (χ0v) is 24.6. The molecule has 0 bridgehead atoms. The highest BCUT2D eigenvalue weighted by molar-refractivity contribution is 6.90. The molecule has 3 aliphatic rings. The first-order valence-electron chi connectivity index (χ1n) is 15.7. The van der Waals surface area contributed by atoms with Gasteiger partial charge in [-0.3, -0.25) is 0 Å². The van der Waals surface area contributed by atoms with Crippen molar-refractivity contribution in [3.63, 3.8) is 0 Å². The Balaban J connectivity index is 1.42. The first kappa shape index (κ1) is 23.2. The van der Waals surface area contributed by atoms with Crippen LogP contribution in [0.5, 0.6) is 0 Å². The molecule has 0 atom stereocenters. The van der Waals surface area contributed by atoms with Crippen molar-refractivity contribution in [3.05, 3.63) is 139 Å². The van der Waals surface area contributed by atoms with Crippen LogP contribution in [-0.4, -0.2) is 11.3 Å². The Hall–Kier alpha value is -5.28. The normalized spacial score (nSPS) is 15.1. The lowest BCUT2D eigenvalue weighted by Gasteiger charge is -2.48. The Morgan fingerprint density at radius 2 is 1.25 bits per heavy atom. The Labute approximate surface area is 255 Å². The van der Waals surface area contributed by atoms with Crippen LogP contribution in [0.15, 0.2) is 127 Å². The lowest BCUT2D eigenvalue weighted by Crippen LogP contribution is -2.58. The van der Waals surface area contributed by atoms with E-state index < -0.39 is 0 Å². The van der Waals surface area contributed by atoms with Gasteiger partial charge in [0.15, 0.2) is 0 Å². The van der Waals surface area contributed by atoms with Crippen molar-refractivity contribution in [1.82, 2.24) is 4.48 Å². The number of fused-ring (bicyclic) bond motifs is 13. The summed E-state index contributed by atoms with van der Waals surface area (Å²) in [6.07, 6.45) is 0. The zero-order chi connectivity index (χ0) is 28.9. The minimum atomic E-state index is -0.122. The summed E-state index contributed by atoms with van der Waals surface area (Å²) in [7, 11) is 0. The summed E-state index contributed by atoms with van der Waals surface area (Å²) in [6.45, 7) is 4.85. The van der Waals surface area contributed by atoms with Gasteiger partial charge in [0.1, 0.15) is 0 Å². The second-order valence-electron chi connectivity index (χ2n) is 13.3. The van der Waals surface area contributed by atoms with Gasteiger partial charge in [0.2, 0.25) is 0 Å². The molecule has 0 saturated heterocycles. The summed E-state index contributed by atoms with van der Waals surface area (Å²) in [5.74, 6) is 0. The van der Waals surface area contributed by atoms with Gasteiger partial charge in [0.25, 0.3) is 0 Å². The minimum Gasteiger partial charge on any atom is -0.375 e. The van der Waals surface area contributed by atoms with Gasteiger partial charge >= 0.3 is 6.85 Å². The predicted molar refractivity (Wildman–Crippen MR) is 187 cm³/mol. The third-order valence-corrected chi connectivity index (χ3v) is 10.9. The Kier molecular flexibility index (Phi) is 4.02. The number of anilines is 3. The molecule has 0 spiro atoms. The molecule has 0 saturated carbocycles. The van der Waals surface area contributed by atoms with Crippen LogP contribution >= 0.6 is 0 Å². The molecule has 204 valence electrons. The van der Waals surface area contributed by atoms with E-state index in [0.29, 0.717) is 0 Å². The van der Waals surface area contributed by atoms with E-state index in [0.717, 1.165) is 0 Å². The van der Waals surface area contributed by atoms with E-state index in [1.807, 2.05) is 0 Å². The highest BCUT2D eigenvalue weighted by Crippen LogP contribution is 2.55. The van der Waals surface area contributed by atoms with Crippen LogP contribution in [0.25, 0.3) is 54.5 Å². The molecule has 0 unspecified atom stereocenters. The maximum absolute atomic E-state index is 2.71. The molecule has 4 heterocycles. The number of hydrogen-bond acceptors (Lipinski definition) is 1. The molecule has 0 radical (unpaired) electrons. The SMILES string of the molecule is CC1(C)c2ccccc2N2c3cc4ccccc4c4c3B(c3cccc1c32)n1c2c-4cccc2c2ccc3ccccc3c21. The van der Waals surface area contributed by atoms with Gasteiger partial charge in [-0.15, -0.1) is 0 Å². The van der Waals surface area contributed by atoms with Crippen LogP contribution in [0, 0.1) is 0 Å². The molecule has 3 heteroatoms. The number of para-hydroxylation sites is 3. The number of nitrogens with zero attached hydrogens (tertiary/aromatic N) is 2. The quantitative estimate of drug-likeness (QED) is 0.169. The first-order valence-corrected chi connectivity index (χ1v) is 15.7. The summed E-state index contributed by atoms with van der Waals surface area (Å²) >= 11 is 0. The highest BCUT2D eigenvalue weighted by Gasteiger charge is 2.48. The second-order valence-corrected chi connectivity index (χ2v) is 13.3. The monoisotopic (exact) mass is 558 g/mol. The molecule has 8 aromatic rings. The molecule has 0 fully saturated rings. The third kappa shape index (κ3) is 2.51. The van der Waals surface area contributed by atoms with Crippen molar-refractivity contribution < 1.29 is 0 Å². The van der Waals surface area contributed by atoms with Crippen LogP contribution in [0.3, 0.4) is 0 Å². The molecular formula is C41H27BN2. The topological polar surface area (TPSA) is 8.17 Å². The average molecular weight is 558 g/mol. The highest BCUT2D eigenvalue weighted by atomic mass is 15.2. The molecule has 3 aliphatic heterocycles. The van der Waals surface area contributed by atoms with E-state index >= 15 is 0 Å². The lowest BCUT2D eigenvalue weighted by molar-refractivity contribution is 0.632. The van der Waals surface area contributed by atoms with Crippen molar-refractivity contribution in [3.8, 4) is 11.1 Å². The van der Waals surface area contributed by atoms with Crippen molar-refractivity contribution in [1.29, 1.82) is 0 Å². The largest absolute Gasteiger partial charge is 0.375 e. The van der Waals surface area contributed by atoms with Crippen LogP contribution in [0.1, 0.15) is 25.0 Å². The predicted octanol–water partition coefficient (Wildman–Crippen LogP) is 9.16. The number of rotatable bonds is 0. The maximum atomic E-state index is 2.71. The number of hydrogen-bond donors (Lipinski definition) is 0. The minimum absolute atomic E-state index is 0.0533. The van der Waals surface area contributed by atoms with Gasteiger partial charge in [-0.2, -0.15) is 0 Å². The molecule has 2 nitrogen and oxygen atoms in total. The molecular weight excluding hydrogens is 531 g/mol. The third-order valence-electron chi connectivity index (χ3n) is 10.9. The maximum Gasteiger partial charge on any atom is 0.333 e. The summed E-state index contributed by atoms with van der Waals surface area (Å²) < 4.78 is 2.71. The van der Waals surface area contributed by atoms with Gasteiger partial charge in [0, 0.05) is 49.5 Å². The Morgan fingerprint density at radius 3 is 2.16 bits per heavy atom. The number of aromatic nitrogens is 1. The van der Waals surface area contributed by atoms with Gasteiger partial charge in [-0.1, -0.05) is 129 Å². The van der Waals surface area contributed by atoms with Crippen LogP contribution in [-0.2, 0) is 5.41 Å². The van der Waals surface area contributed by atoms with Crippen molar-refractivity contribution in [2.45, 2.75) is 19.3 Å². The fraction of sp³-hybridized carbons (Fsp3) is 0.0732. The molecule has 1 aromatic heterocycles. The zero-order valence-electron chi connectivity index (χ0n) is 24.6. The summed E-state index contributed by atoms with van der Waals surface area (Å²) in [4.78, 5) is 2.60. The van der Waals surface area contributed by atoms with E-state index in [1.165, 1.54) is 93.6 Å². The van der Waals surface area contributed by atoms with Crippen LogP contribution in [0.2, 0.25) is 0 Å². The summed E-state index contributed by atoms with van der Waals surface area (Å²) in [5, 5.41) is 7.88.